The quantitative estimate of drug-likeness (QED) is 0.524. The molecule has 1 aromatic carbocycles. The van der Waals surface area contributed by atoms with Crippen molar-refractivity contribution in [3.63, 3.8) is 0 Å². The summed E-state index contributed by atoms with van der Waals surface area (Å²) < 4.78 is 10.9. The van der Waals surface area contributed by atoms with E-state index in [1.165, 1.54) is 0 Å². The third-order valence-corrected chi connectivity index (χ3v) is 2.40. The molecule has 3 N–H and O–H groups in total. The summed E-state index contributed by atoms with van der Waals surface area (Å²) in [6.07, 6.45) is 1.97. The molecule has 0 atom stereocenters. The van der Waals surface area contributed by atoms with Gasteiger partial charge in [-0.1, -0.05) is 6.92 Å². The van der Waals surface area contributed by atoms with E-state index in [1.807, 2.05) is 25.1 Å². The van der Waals surface area contributed by atoms with Gasteiger partial charge in [0.1, 0.15) is 5.75 Å². The highest BCUT2D eigenvalue weighted by Crippen LogP contribution is 2.22. The smallest absolute Gasteiger partial charge is 0.123 e. The number of anilines is 2. The molecule has 0 aliphatic rings. The summed E-state index contributed by atoms with van der Waals surface area (Å²) in [4.78, 5) is 0. The minimum absolute atomic E-state index is 0.716. The maximum Gasteiger partial charge on any atom is 0.123 e. The molecule has 0 fully saturated rings. The van der Waals surface area contributed by atoms with E-state index in [9.17, 15) is 0 Å². The summed E-state index contributed by atoms with van der Waals surface area (Å²) in [5.41, 5.74) is 7.55. The summed E-state index contributed by atoms with van der Waals surface area (Å²) in [7, 11) is 0. The van der Waals surface area contributed by atoms with Gasteiger partial charge >= 0.3 is 0 Å². The molecule has 0 amide bonds. The van der Waals surface area contributed by atoms with Gasteiger partial charge in [0.2, 0.25) is 0 Å². The van der Waals surface area contributed by atoms with Crippen LogP contribution in [0.25, 0.3) is 0 Å². The maximum atomic E-state index is 5.84. The molecule has 18 heavy (non-hydrogen) atoms. The molecule has 0 aliphatic heterocycles. The van der Waals surface area contributed by atoms with E-state index < -0.39 is 0 Å². The molecule has 4 heteroatoms. The predicted octanol–water partition coefficient (Wildman–Crippen LogP) is 2.90. The Hall–Kier alpha value is -1.42. The summed E-state index contributed by atoms with van der Waals surface area (Å²) in [5, 5.41) is 3.32. The van der Waals surface area contributed by atoms with Gasteiger partial charge in [0, 0.05) is 43.3 Å². The van der Waals surface area contributed by atoms with E-state index in [1.54, 1.807) is 0 Å². The fourth-order valence-corrected chi connectivity index (χ4v) is 1.58. The Bertz CT molecular complexity index is 343. The molecule has 0 saturated carbocycles. The van der Waals surface area contributed by atoms with Gasteiger partial charge in [-0.2, -0.15) is 0 Å². The van der Waals surface area contributed by atoms with E-state index >= 15 is 0 Å². The standard InChI is InChI=1S/C14H24N2O2/c1-3-7-18-14-10-12(15)9-13(11-14)16-6-5-8-17-4-2/h9-11,16H,3-8,15H2,1-2H3. The molecule has 1 rings (SSSR count). The van der Waals surface area contributed by atoms with Gasteiger partial charge in [-0.25, -0.2) is 0 Å². The van der Waals surface area contributed by atoms with Crippen LogP contribution in [0.15, 0.2) is 18.2 Å². The Morgan fingerprint density at radius 1 is 1.17 bits per heavy atom. The van der Waals surface area contributed by atoms with Gasteiger partial charge in [0.15, 0.2) is 0 Å². The number of nitrogens with one attached hydrogen (secondary N) is 1. The molecule has 0 unspecified atom stereocenters. The van der Waals surface area contributed by atoms with Crippen LogP contribution in [0.1, 0.15) is 26.7 Å². The highest BCUT2D eigenvalue weighted by molar-refractivity contribution is 5.59. The number of benzene rings is 1. The molecule has 4 nitrogen and oxygen atoms in total. The van der Waals surface area contributed by atoms with Crippen molar-refractivity contribution in [1.82, 2.24) is 0 Å². The van der Waals surface area contributed by atoms with Crippen LogP contribution in [-0.2, 0) is 4.74 Å². The third-order valence-electron chi connectivity index (χ3n) is 2.40. The summed E-state index contributed by atoms with van der Waals surface area (Å²) in [5.74, 6) is 0.823. The molecule has 0 saturated heterocycles. The Morgan fingerprint density at radius 3 is 2.72 bits per heavy atom. The van der Waals surface area contributed by atoms with Crippen LogP contribution in [0.5, 0.6) is 5.75 Å². The molecular weight excluding hydrogens is 228 g/mol. The summed E-state index contributed by atoms with van der Waals surface area (Å²) in [6.45, 7) is 7.23. The van der Waals surface area contributed by atoms with Gasteiger partial charge in [0.05, 0.1) is 6.61 Å². The van der Waals surface area contributed by atoms with E-state index in [0.717, 1.165) is 49.7 Å². The SMILES string of the molecule is CCCOc1cc(N)cc(NCCCOCC)c1. The zero-order chi connectivity index (χ0) is 13.2. The third kappa shape index (κ3) is 5.77. The normalized spacial score (nSPS) is 10.3. The summed E-state index contributed by atoms with van der Waals surface area (Å²) in [6, 6.07) is 5.74. The second-order valence-electron chi connectivity index (χ2n) is 4.12. The fourth-order valence-electron chi connectivity index (χ4n) is 1.58. The lowest BCUT2D eigenvalue weighted by molar-refractivity contribution is 0.147. The molecule has 0 bridgehead atoms. The van der Waals surface area contributed by atoms with Crippen LogP contribution < -0.4 is 15.8 Å². The average molecular weight is 252 g/mol. The first-order valence-corrected chi connectivity index (χ1v) is 6.61. The van der Waals surface area contributed by atoms with Crippen LogP contribution in [0.2, 0.25) is 0 Å². The Kier molecular flexibility index (Phi) is 7.03. The molecule has 102 valence electrons. The van der Waals surface area contributed by atoms with Crippen LogP contribution in [0.3, 0.4) is 0 Å². The Morgan fingerprint density at radius 2 is 2.00 bits per heavy atom. The molecule has 0 radical (unpaired) electrons. The van der Waals surface area contributed by atoms with Gasteiger partial charge in [0.25, 0.3) is 0 Å². The van der Waals surface area contributed by atoms with Gasteiger partial charge in [-0.05, 0) is 25.8 Å². The lowest BCUT2D eigenvalue weighted by atomic mass is 10.2. The fraction of sp³-hybridized carbons (Fsp3) is 0.571. The zero-order valence-corrected chi connectivity index (χ0v) is 11.4. The monoisotopic (exact) mass is 252 g/mol. The van der Waals surface area contributed by atoms with Gasteiger partial charge in [-0.3, -0.25) is 0 Å². The molecular formula is C14H24N2O2. The number of rotatable bonds is 9. The number of hydrogen-bond donors (Lipinski definition) is 2. The first-order chi connectivity index (χ1) is 8.76. The van der Waals surface area contributed by atoms with Gasteiger partial charge < -0.3 is 20.5 Å². The maximum absolute atomic E-state index is 5.84. The molecule has 0 aromatic heterocycles. The van der Waals surface area contributed by atoms with E-state index in [2.05, 4.69) is 12.2 Å². The van der Waals surface area contributed by atoms with Crippen molar-refractivity contribution in [3.05, 3.63) is 18.2 Å². The van der Waals surface area contributed by atoms with Crippen LogP contribution >= 0.6 is 0 Å². The van der Waals surface area contributed by atoms with Crippen molar-refractivity contribution < 1.29 is 9.47 Å². The van der Waals surface area contributed by atoms with Crippen molar-refractivity contribution >= 4 is 11.4 Å². The minimum atomic E-state index is 0.716. The van der Waals surface area contributed by atoms with E-state index in [4.69, 9.17) is 15.2 Å². The lowest BCUT2D eigenvalue weighted by Crippen LogP contribution is -2.06. The van der Waals surface area contributed by atoms with E-state index in [-0.39, 0.29) is 0 Å². The number of nitrogen functional groups attached to an aromatic ring is 1. The van der Waals surface area contributed by atoms with Crippen molar-refractivity contribution in [2.24, 2.45) is 0 Å². The van der Waals surface area contributed by atoms with Crippen LogP contribution in [-0.4, -0.2) is 26.4 Å². The predicted molar refractivity (Wildman–Crippen MR) is 76.2 cm³/mol. The Balaban J connectivity index is 2.41. The van der Waals surface area contributed by atoms with Crippen LogP contribution in [0.4, 0.5) is 11.4 Å². The van der Waals surface area contributed by atoms with Crippen molar-refractivity contribution in [1.29, 1.82) is 0 Å². The van der Waals surface area contributed by atoms with Crippen molar-refractivity contribution in [2.75, 3.05) is 37.4 Å². The van der Waals surface area contributed by atoms with Crippen LogP contribution in [0, 0.1) is 0 Å². The molecule has 0 aliphatic carbocycles. The zero-order valence-electron chi connectivity index (χ0n) is 11.4. The minimum Gasteiger partial charge on any atom is -0.493 e. The first-order valence-electron chi connectivity index (χ1n) is 6.61. The topological polar surface area (TPSA) is 56.5 Å². The number of nitrogens with two attached hydrogens (primary N) is 1. The van der Waals surface area contributed by atoms with Crippen molar-refractivity contribution in [3.8, 4) is 5.75 Å². The van der Waals surface area contributed by atoms with Gasteiger partial charge in [-0.15, -0.1) is 0 Å². The highest BCUT2D eigenvalue weighted by atomic mass is 16.5. The number of hydrogen-bond acceptors (Lipinski definition) is 4. The van der Waals surface area contributed by atoms with E-state index in [0.29, 0.717) is 6.61 Å². The number of ether oxygens (including phenoxy) is 2. The first kappa shape index (κ1) is 14.6. The average Bonchev–Trinajstić information content (AvgIpc) is 2.35. The Labute approximate surface area is 109 Å². The lowest BCUT2D eigenvalue weighted by Gasteiger charge is -2.11. The molecule has 1 aromatic rings. The molecule has 0 spiro atoms. The highest BCUT2D eigenvalue weighted by Gasteiger charge is 1.99. The molecule has 0 heterocycles. The second-order valence-corrected chi connectivity index (χ2v) is 4.12. The largest absolute Gasteiger partial charge is 0.493 e. The second kappa shape index (κ2) is 8.64. The summed E-state index contributed by atoms with van der Waals surface area (Å²) >= 11 is 0. The van der Waals surface area contributed by atoms with Crippen molar-refractivity contribution in [2.45, 2.75) is 26.7 Å².